The van der Waals surface area contributed by atoms with Crippen molar-refractivity contribution in [3.8, 4) is 17.2 Å². The molecule has 0 N–H and O–H groups in total. The number of aromatic nitrogens is 2. The SMILES string of the molecule is CC(=O)N1CCCN(C)CCN(C(=O)COc2ccccc2-c2nc(C)no2)Cc2ccccc21. The molecule has 2 aromatic carbocycles. The molecule has 4 rings (SSSR count). The summed E-state index contributed by atoms with van der Waals surface area (Å²) in [4.78, 5) is 35.8. The third-order valence-corrected chi connectivity index (χ3v) is 6.05. The number of hydrogen-bond donors (Lipinski definition) is 0. The van der Waals surface area contributed by atoms with Crippen molar-refractivity contribution >= 4 is 17.5 Å². The van der Waals surface area contributed by atoms with Crippen LogP contribution in [-0.4, -0.2) is 71.6 Å². The maximum atomic E-state index is 13.4. The molecule has 2 heterocycles. The molecular weight excluding hydrogens is 446 g/mol. The van der Waals surface area contributed by atoms with Crippen LogP contribution in [0.15, 0.2) is 53.1 Å². The minimum atomic E-state index is -0.140. The molecule has 0 fully saturated rings. The topological polar surface area (TPSA) is 92.0 Å². The summed E-state index contributed by atoms with van der Waals surface area (Å²) in [5.41, 5.74) is 2.42. The molecule has 0 aliphatic carbocycles. The fourth-order valence-electron chi connectivity index (χ4n) is 4.16. The maximum absolute atomic E-state index is 13.4. The quantitative estimate of drug-likeness (QED) is 0.570. The van der Waals surface area contributed by atoms with E-state index in [4.69, 9.17) is 9.26 Å². The number of amides is 2. The van der Waals surface area contributed by atoms with Gasteiger partial charge in [0.25, 0.3) is 11.8 Å². The predicted octanol–water partition coefficient (Wildman–Crippen LogP) is 3.14. The molecule has 0 saturated heterocycles. The Hall–Kier alpha value is -3.72. The highest BCUT2D eigenvalue weighted by molar-refractivity contribution is 5.92. The first kappa shape index (κ1) is 24.4. The van der Waals surface area contributed by atoms with Gasteiger partial charge in [0.15, 0.2) is 12.4 Å². The van der Waals surface area contributed by atoms with Crippen LogP contribution in [0.25, 0.3) is 11.5 Å². The van der Waals surface area contributed by atoms with Crippen LogP contribution in [0, 0.1) is 6.92 Å². The molecular formula is C26H31N5O4. The van der Waals surface area contributed by atoms with Crippen molar-refractivity contribution in [2.75, 3.05) is 44.7 Å². The second-order valence-electron chi connectivity index (χ2n) is 8.70. The van der Waals surface area contributed by atoms with Crippen LogP contribution in [0.4, 0.5) is 5.69 Å². The maximum Gasteiger partial charge on any atom is 0.261 e. The summed E-state index contributed by atoms with van der Waals surface area (Å²) in [7, 11) is 2.03. The summed E-state index contributed by atoms with van der Waals surface area (Å²) in [6.07, 6.45) is 0.855. The van der Waals surface area contributed by atoms with Gasteiger partial charge in [0, 0.05) is 38.8 Å². The summed E-state index contributed by atoms with van der Waals surface area (Å²) < 4.78 is 11.2. The monoisotopic (exact) mass is 477 g/mol. The van der Waals surface area contributed by atoms with E-state index in [2.05, 4.69) is 15.0 Å². The summed E-state index contributed by atoms with van der Waals surface area (Å²) in [6, 6.07) is 15.1. The van der Waals surface area contributed by atoms with Crippen molar-refractivity contribution in [3.63, 3.8) is 0 Å². The van der Waals surface area contributed by atoms with E-state index < -0.39 is 0 Å². The van der Waals surface area contributed by atoms with Crippen LogP contribution in [-0.2, 0) is 16.1 Å². The summed E-state index contributed by atoms with van der Waals surface area (Å²) >= 11 is 0. The zero-order chi connectivity index (χ0) is 24.8. The highest BCUT2D eigenvalue weighted by Crippen LogP contribution is 2.29. The molecule has 0 spiro atoms. The first-order valence-corrected chi connectivity index (χ1v) is 11.8. The number of anilines is 1. The van der Waals surface area contributed by atoms with Crippen molar-refractivity contribution in [2.45, 2.75) is 26.8 Å². The molecule has 35 heavy (non-hydrogen) atoms. The van der Waals surface area contributed by atoms with Gasteiger partial charge in [-0.05, 0) is 50.7 Å². The lowest BCUT2D eigenvalue weighted by Gasteiger charge is -2.27. The summed E-state index contributed by atoms with van der Waals surface area (Å²) in [6.45, 7) is 6.34. The number of carbonyl (C=O) groups excluding carboxylic acids is 2. The van der Waals surface area contributed by atoms with Gasteiger partial charge < -0.3 is 24.0 Å². The van der Waals surface area contributed by atoms with E-state index >= 15 is 0 Å². The number of likely N-dealkylation sites (N-methyl/N-ethyl adjacent to an activating group) is 1. The van der Waals surface area contributed by atoms with Gasteiger partial charge in [0.05, 0.1) is 5.56 Å². The van der Waals surface area contributed by atoms with E-state index in [1.165, 1.54) is 0 Å². The standard InChI is InChI=1S/C26H31N5O4/c1-19-27-26(35-28-19)22-10-5-7-12-24(22)34-18-25(33)30-16-15-29(3)13-8-14-31(20(2)32)23-11-6-4-9-21(23)17-30/h4-7,9-12H,8,13-18H2,1-3H3. The molecule has 0 radical (unpaired) electrons. The number of ether oxygens (including phenoxy) is 1. The van der Waals surface area contributed by atoms with Crippen LogP contribution >= 0.6 is 0 Å². The van der Waals surface area contributed by atoms with Crippen molar-refractivity contribution in [1.29, 1.82) is 0 Å². The molecule has 9 nitrogen and oxygen atoms in total. The molecule has 1 aliphatic rings. The van der Waals surface area contributed by atoms with E-state index in [-0.39, 0.29) is 18.4 Å². The van der Waals surface area contributed by atoms with Gasteiger partial charge in [-0.1, -0.05) is 35.5 Å². The zero-order valence-corrected chi connectivity index (χ0v) is 20.4. The fourth-order valence-corrected chi connectivity index (χ4v) is 4.16. The van der Waals surface area contributed by atoms with Gasteiger partial charge in [-0.3, -0.25) is 9.59 Å². The number of nitrogens with zero attached hydrogens (tertiary/aromatic N) is 5. The number of aryl methyl sites for hydroxylation is 1. The Labute approximate surface area is 205 Å². The Kier molecular flexibility index (Phi) is 7.77. The average molecular weight is 478 g/mol. The Balaban J connectivity index is 1.55. The van der Waals surface area contributed by atoms with Gasteiger partial charge in [0.2, 0.25) is 5.91 Å². The molecule has 0 atom stereocenters. The average Bonchev–Trinajstić information content (AvgIpc) is 3.28. The largest absolute Gasteiger partial charge is 0.483 e. The van der Waals surface area contributed by atoms with Gasteiger partial charge in [0.1, 0.15) is 5.75 Å². The summed E-state index contributed by atoms with van der Waals surface area (Å²) in [5, 5.41) is 3.84. The predicted molar refractivity (Wildman–Crippen MR) is 132 cm³/mol. The minimum Gasteiger partial charge on any atom is -0.483 e. The van der Waals surface area contributed by atoms with Crippen molar-refractivity contribution in [2.24, 2.45) is 0 Å². The van der Waals surface area contributed by atoms with Crippen molar-refractivity contribution < 1.29 is 18.8 Å². The molecule has 1 aromatic heterocycles. The van der Waals surface area contributed by atoms with Gasteiger partial charge in [-0.2, -0.15) is 4.98 Å². The first-order valence-electron chi connectivity index (χ1n) is 11.8. The van der Waals surface area contributed by atoms with Crippen LogP contribution < -0.4 is 9.64 Å². The van der Waals surface area contributed by atoms with E-state index in [1.54, 1.807) is 29.7 Å². The number of hydrogen-bond acceptors (Lipinski definition) is 7. The van der Waals surface area contributed by atoms with E-state index in [0.717, 1.165) is 30.8 Å². The molecule has 1 aliphatic heterocycles. The Morgan fingerprint density at radius 1 is 1.03 bits per heavy atom. The molecule has 0 bridgehead atoms. The highest BCUT2D eigenvalue weighted by atomic mass is 16.5. The number of benzene rings is 2. The van der Waals surface area contributed by atoms with Gasteiger partial charge >= 0.3 is 0 Å². The van der Waals surface area contributed by atoms with E-state index in [0.29, 0.717) is 42.7 Å². The molecule has 0 saturated carbocycles. The van der Waals surface area contributed by atoms with Crippen LogP contribution in [0.3, 0.4) is 0 Å². The van der Waals surface area contributed by atoms with E-state index in [1.807, 2.05) is 49.5 Å². The van der Waals surface area contributed by atoms with E-state index in [9.17, 15) is 9.59 Å². The zero-order valence-electron chi connectivity index (χ0n) is 20.4. The highest BCUT2D eigenvalue weighted by Gasteiger charge is 2.22. The van der Waals surface area contributed by atoms with Crippen LogP contribution in [0.2, 0.25) is 0 Å². The normalized spacial score (nSPS) is 15.3. The minimum absolute atomic E-state index is 0.00608. The second kappa shape index (κ2) is 11.1. The molecule has 2 amide bonds. The number of rotatable bonds is 4. The third kappa shape index (κ3) is 6.05. The molecule has 0 unspecified atom stereocenters. The summed E-state index contributed by atoms with van der Waals surface area (Å²) in [5.74, 6) is 1.23. The number of carbonyl (C=O) groups is 2. The fraction of sp³-hybridized carbons (Fsp3) is 0.385. The van der Waals surface area contributed by atoms with Crippen LogP contribution in [0.5, 0.6) is 5.75 Å². The second-order valence-corrected chi connectivity index (χ2v) is 8.70. The smallest absolute Gasteiger partial charge is 0.261 e. The lowest BCUT2D eigenvalue weighted by molar-refractivity contribution is -0.134. The molecule has 3 aromatic rings. The van der Waals surface area contributed by atoms with Crippen molar-refractivity contribution in [3.05, 3.63) is 59.9 Å². The van der Waals surface area contributed by atoms with Gasteiger partial charge in [-0.25, -0.2) is 0 Å². The van der Waals surface area contributed by atoms with Gasteiger partial charge in [-0.15, -0.1) is 0 Å². The number of fused-ring (bicyclic) bond motifs is 1. The lowest BCUT2D eigenvalue weighted by atomic mass is 10.1. The first-order chi connectivity index (χ1) is 16.9. The van der Waals surface area contributed by atoms with Crippen molar-refractivity contribution in [1.82, 2.24) is 19.9 Å². The Morgan fingerprint density at radius 3 is 2.57 bits per heavy atom. The number of para-hydroxylation sites is 2. The lowest BCUT2D eigenvalue weighted by Crippen LogP contribution is -2.39. The molecule has 9 heteroatoms. The van der Waals surface area contributed by atoms with Crippen LogP contribution in [0.1, 0.15) is 24.7 Å². The Bertz CT molecular complexity index is 1180. The third-order valence-electron chi connectivity index (χ3n) is 6.05. The molecule has 184 valence electrons. The Morgan fingerprint density at radius 2 is 1.80 bits per heavy atom.